The van der Waals surface area contributed by atoms with Crippen LogP contribution in [0.5, 0.6) is 0 Å². The van der Waals surface area contributed by atoms with Crippen molar-refractivity contribution in [1.29, 1.82) is 0 Å². The minimum Gasteiger partial charge on any atom is -0.393 e. The Hall–Kier alpha value is -0.440. The molecule has 0 aromatic carbocycles. The second-order valence-electron chi connectivity index (χ2n) is 23.1. The lowest BCUT2D eigenvalue weighted by molar-refractivity contribution is -0.0491. The molecule has 9 aliphatic rings. The quantitative estimate of drug-likeness (QED) is 0.197. The van der Waals surface area contributed by atoms with E-state index >= 15 is 0 Å². The fraction of sp³-hybridized carbons (Fsp3) is 1.00. The number of piperidine rings is 4. The van der Waals surface area contributed by atoms with Gasteiger partial charge < -0.3 is 57.0 Å². The van der Waals surface area contributed by atoms with E-state index in [9.17, 15) is 35.7 Å². The first kappa shape index (κ1) is 44.7. The van der Waals surface area contributed by atoms with Gasteiger partial charge in [-0.25, -0.2) is 0 Å². The predicted molar refractivity (Wildman–Crippen MR) is 233 cm³/mol. The highest BCUT2D eigenvalue weighted by Crippen LogP contribution is 2.48. The van der Waals surface area contributed by atoms with Gasteiger partial charge in [-0.05, 0) is 195 Å². The Morgan fingerprint density at radius 1 is 0.250 bits per heavy atom. The molecule has 14 unspecified atom stereocenters. The van der Waals surface area contributed by atoms with E-state index in [0.717, 1.165) is 83.0 Å². The van der Waals surface area contributed by atoms with Crippen molar-refractivity contribution in [3.05, 3.63) is 0 Å². The van der Waals surface area contributed by atoms with Crippen LogP contribution in [0.1, 0.15) is 161 Å². The zero-order valence-corrected chi connectivity index (χ0v) is 37.0. The zero-order valence-electron chi connectivity index (χ0n) is 37.0. The van der Waals surface area contributed by atoms with Crippen molar-refractivity contribution in [1.82, 2.24) is 21.3 Å². The highest BCUT2D eigenvalue weighted by molar-refractivity contribution is 5.10. The monoisotopic (exact) mass is 843 g/mol. The normalized spacial score (nSPS) is 54.8. The van der Waals surface area contributed by atoms with Gasteiger partial charge in [-0.1, -0.05) is 19.8 Å². The highest BCUT2D eigenvalue weighted by atomic mass is 16.3. The molecule has 8 bridgehead atoms. The molecule has 4 saturated carbocycles. The number of nitrogens with one attached hydrogen (secondary N) is 4. The smallest absolute Gasteiger partial charge is 0.0570 e. The lowest BCUT2D eigenvalue weighted by Gasteiger charge is -2.56. The van der Waals surface area contributed by atoms with E-state index in [1.54, 1.807) is 0 Å². The Bertz CT molecular complexity index is 1100. The van der Waals surface area contributed by atoms with Crippen molar-refractivity contribution < 1.29 is 35.7 Å². The van der Waals surface area contributed by atoms with E-state index in [-0.39, 0.29) is 90.3 Å². The van der Waals surface area contributed by atoms with E-state index in [0.29, 0.717) is 75.0 Å². The van der Waals surface area contributed by atoms with E-state index in [2.05, 4.69) is 28.2 Å². The summed E-state index contributed by atoms with van der Waals surface area (Å²) < 4.78 is 0. The molecule has 11 nitrogen and oxygen atoms in total. The standard InChI is InChI=1S/C49H86N4O7/c1-26-2-4-27(5-3-26)46-38-18-34(57)20-40(50-38)47(28-6-12-31(54)13-7-28)42-22-36(59)24-44(52-42)49(30-10-16-33(56)17-11-30)45-25-37(60)23-43(53-45)48(29-8-14-32(55)15-9-29)41-21-35(58)19-39(46)51-41/h26-60H,2-25H2,1H3. The van der Waals surface area contributed by atoms with Crippen LogP contribution < -0.4 is 21.3 Å². The van der Waals surface area contributed by atoms with Gasteiger partial charge in [0, 0.05) is 48.3 Å². The largest absolute Gasteiger partial charge is 0.393 e. The van der Waals surface area contributed by atoms with Crippen LogP contribution in [-0.2, 0) is 0 Å². The van der Waals surface area contributed by atoms with Crippen LogP contribution in [0.2, 0.25) is 0 Å². The van der Waals surface area contributed by atoms with Crippen molar-refractivity contribution in [3.8, 4) is 0 Å². The zero-order chi connectivity index (χ0) is 41.7. The Labute approximate surface area is 361 Å². The fourth-order valence-electron chi connectivity index (χ4n) is 16.4. The van der Waals surface area contributed by atoms with Gasteiger partial charge in [0.25, 0.3) is 0 Å². The van der Waals surface area contributed by atoms with Crippen molar-refractivity contribution in [2.24, 2.45) is 53.3 Å². The maximum absolute atomic E-state index is 12.1. The number of rotatable bonds is 4. The van der Waals surface area contributed by atoms with E-state index in [1.165, 1.54) is 25.7 Å². The van der Waals surface area contributed by atoms with Gasteiger partial charge in [-0.15, -0.1) is 0 Å². The third kappa shape index (κ3) is 10.0. The number of hydrogen-bond donors (Lipinski definition) is 11. The molecule has 60 heavy (non-hydrogen) atoms. The Morgan fingerprint density at radius 2 is 0.433 bits per heavy atom. The minimum absolute atomic E-state index is 0.0376. The van der Waals surface area contributed by atoms with Gasteiger partial charge in [0.15, 0.2) is 0 Å². The molecule has 0 amide bonds. The molecule has 9 rings (SSSR count). The lowest BCUT2D eigenvalue weighted by atomic mass is 9.62. The molecule has 9 fully saturated rings. The van der Waals surface area contributed by atoms with Gasteiger partial charge in [-0.2, -0.15) is 0 Å². The van der Waals surface area contributed by atoms with Crippen LogP contribution >= 0.6 is 0 Å². The van der Waals surface area contributed by atoms with Crippen LogP contribution in [0.15, 0.2) is 0 Å². The lowest BCUT2D eigenvalue weighted by Crippen LogP contribution is -2.69. The predicted octanol–water partition coefficient (Wildman–Crippen LogP) is 3.87. The molecule has 5 heterocycles. The van der Waals surface area contributed by atoms with E-state index < -0.39 is 24.4 Å². The molecule has 0 aromatic rings. The van der Waals surface area contributed by atoms with Gasteiger partial charge in [0.1, 0.15) is 0 Å². The summed E-state index contributed by atoms with van der Waals surface area (Å²) in [5.41, 5.74) is 0. The first-order valence-corrected chi connectivity index (χ1v) is 25.8. The third-order valence-electron chi connectivity index (χ3n) is 19.1. The summed E-state index contributed by atoms with van der Waals surface area (Å²) in [5, 5.41) is 97.9. The molecule has 0 spiro atoms. The molecule has 11 heteroatoms. The Morgan fingerprint density at radius 3 is 0.633 bits per heavy atom. The van der Waals surface area contributed by atoms with Gasteiger partial charge >= 0.3 is 0 Å². The van der Waals surface area contributed by atoms with Crippen LogP contribution in [0.4, 0.5) is 0 Å². The van der Waals surface area contributed by atoms with Crippen LogP contribution in [0, 0.1) is 53.3 Å². The number of aliphatic hydroxyl groups excluding tert-OH is 7. The van der Waals surface area contributed by atoms with Gasteiger partial charge in [0.05, 0.1) is 42.7 Å². The average Bonchev–Trinajstić information content (AvgIpc) is 3.20. The second-order valence-corrected chi connectivity index (χ2v) is 23.1. The summed E-state index contributed by atoms with van der Waals surface area (Å²) in [6.07, 6.45) is 18.2. The second kappa shape index (κ2) is 19.6. The van der Waals surface area contributed by atoms with E-state index in [4.69, 9.17) is 0 Å². The van der Waals surface area contributed by atoms with E-state index in [1.807, 2.05) is 0 Å². The molecule has 5 saturated heterocycles. The van der Waals surface area contributed by atoms with Crippen molar-refractivity contribution >= 4 is 0 Å². The highest BCUT2D eigenvalue weighted by Gasteiger charge is 2.53. The average molecular weight is 843 g/mol. The summed E-state index contributed by atoms with van der Waals surface area (Å²) in [6.45, 7) is 2.39. The first-order chi connectivity index (χ1) is 28.9. The van der Waals surface area contributed by atoms with Crippen LogP contribution in [0.25, 0.3) is 0 Å². The van der Waals surface area contributed by atoms with Gasteiger partial charge in [-0.3, -0.25) is 0 Å². The summed E-state index contributed by atoms with van der Waals surface area (Å²) >= 11 is 0. The first-order valence-electron chi connectivity index (χ1n) is 25.8. The van der Waals surface area contributed by atoms with Gasteiger partial charge in [0.2, 0.25) is 0 Å². The fourth-order valence-corrected chi connectivity index (χ4v) is 16.4. The Kier molecular flexibility index (Phi) is 14.6. The van der Waals surface area contributed by atoms with Crippen LogP contribution in [-0.4, -0.2) is 127 Å². The molecule has 14 atom stereocenters. The molecule has 0 aromatic heterocycles. The SMILES string of the molecule is CC1CCC(C2C3CC(O)CC(N3)C(C3CCC(O)CC3)C3CC(O)CC(N3)C(C3CCC(O)CC3)C3CC(O)CC(N3)C(C3CCC(O)CC3)C3CC(O)CC2N3)CC1. The molecular formula is C49H86N4O7. The summed E-state index contributed by atoms with van der Waals surface area (Å²) in [4.78, 5) is 0. The summed E-state index contributed by atoms with van der Waals surface area (Å²) in [6, 6.07) is 0.487. The maximum atomic E-state index is 12.1. The molecule has 0 radical (unpaired) electrons. The van der Waals surface area contributed by atoms with Crippen LogP contribution in [0.3, 0.4) is 0 Å². The number of hydrogen-bond acceptors (Lipinski definition) is 11. The molecular weight excluding hydrogens is 757 g/mol. The molecule has 11 N–H and O–H groups in total. The molecule has 5 aliphatic heterocycles. The molecule has 344 valence electrons. The number of aliphatic hydroxyl groups is 7. The molecule has 4 aliphatic carbocycles. The number of fused-ring (bicyclic) bond motifs is 8. The summed E-state index contributed by atoms with van der Waals surface area (Å²) in [5.74, 6) is 3.07. The maximum Gasteiger partial charge on any atom is 0.0570 e. The third-order valence-corrected chi connectivity index (χ3v) is 19.1. The topological polar surface area (TPSA) is 190 Å². The van der Waals surface area contributed by atoms with Crippen molar-refractivity contribution in [3.63, 3.8) is 0 Å². The summed E-state index contributed by atoms with van der Waals surface area (Å²) in [7, 11) is 0. The van der Waals surface area contributed by atoms with Crippen molar-refractivity contribution in [2.75, 3.05) is 0 Å². The minimum atomic E-state index is -0.453. The Balaban J connectivity index is 1.15. The van der Waals surface area contributed by atoms with Crippen molar-refractivity contribution in [2.45, 2.75) is 252 Å².